The van der Waals surface area contributed by atoms with E-state index < -0.39 is 10.0 Å². The van der Waals surface area contributed by atoms with Gasteiger partial charge in [0.15, 0.2) is 11.3 Å². The summed E-state index contributed by atoms with van der Waals surface area (Å²) in [5.41, 5.74) is 1.30. The van der Waals surface area contributed by atoms with Crippen molar-refractivity contribution in [2.75, 3.05) is 20.2 Å². The summed E-state index contributed by atoms with van der Waals surface area (Å²) < 4.78 is 38.6. The van der Waals surface area contributed by atoms with Crippen molar-refractivity contribution in [3.05, 3.63) is 53.7 Å². The van der Waals surface area contributed by atoms with Crippen LogP contribution in [0, 0.1) is 0 Å². The molecule has 2 heterocycles. The van der Waals surface area contributed by atoms with Crippen LogP contribution in [0.15, 0.2) is 51.9 Å². The number of carbonyl (C=O) groups is 1. The van der Waals surface area contributed by atoms with E-state index in [9.17, 15) is 13.2 Å². The summed E-state index contributed by atoms with van der Waals surface area (Å²) in [6.07, 6.45) is 3.01. The van der Waals surface area contributed by atoms with Crippen molar-refractivity contribution in [2.45, 2.75) is 30.7 Å². The number of rotatable bonds is 6. The number of amides is 1. The Bertz CT molecular complexity index is 1170. The molecule has 1 aromatic heterocycles. The minimum Gasteiger partial charge on any atom is -0.497 e. The molecule has 0 saturated carbocycles. The third kappa shape index (κ3) is 4.17. The minimum absolute atomic E-state index is 0.0498. The number of methoxy groups -OCH3 is 1. The minimum atomic E-state index is -3.80. The lowest BCUT2D eigenvalue weighted by atomic mass is 10.1. The molecule has 158 valence electrons. The molecule has 1 aliphatic heterocycles. The van der Waals surface area contributed by atoms with E-state index in [1.807, 2.05) is 6.07 Å². The largest absolute Gasteiger partial charge is 0.497 e. The van der Waals surface area contributed by atoms with Gasteiger partial charge in [-0.3, -0.25) is 4.79 Å². The van der Waals surface area contributed by atoms with Gasteiger partial charge in [-0.2, -0.15) is 0 Å². The predicted molar refractivity (Wildman–Crippen MR) is 111 cm³/mol. The van der Waals surface area contributed by atoms with Crippen molar-refractivity contribution in [2.24, 2.45) is 0 Å². The van der Waals surface area contributed by atoms with E-state index in [-0.39, 0.29) is 23.0 Å². The Hall–Kier alpha value is -2.91. The van der Waals surface area contributed by atoms with Crippen molar-refractivity contribution < 1.29 is 22.5 Å². The van der Waals surface area contributed by atoms with Crippen molar-refractivity contribution in [1.29, 1.82) is 0 Å². The Morgan fingerprint density at radius 1 is 1.17 bits per heavy atom. The van der Waals surface area contributed by atoms with E-state index in [1.165, 1.54) is 18.2 Å². The molecule has 8 nitrogen and oxygen atoms in total. The Morgan fingerprint density at radius 3 is 2.73 bits per heavy atom. The first-order valence-electron chi connectivity index (χ1n) is 9.79. The Kier molecular flexibility index (Phi) is 5.74. The molecular weight excluding hydrogens is 406 g/mol. The molecule has 0 radical (unpaired) electrons. The van der Waals surface area contributed by atoms with Crippen molar-refractivity contribution in [1.82, 2.24) is 14.8 Å². The lowest BCUT2D eigenvalue weighted by molar-refractivity contribution is 0.0716. The third-order valence-electron chi connectivity index (χ3n) is 5.20. The number of nitrogens with one attached hydrogen (secondary N) is 1. The molecule has 1 aliphatic rings. The van der Waals surface area contributed by atoms with Crippen LogP contribution in [0.3, 0.4) is 0 Å². The van der Waals surface area contributed by atoms with Crippen molar-refractivity contribution >= 4 is 26.9 Å². The number of likely N-dealkylation sites (tertiary alicyclic amines) is 1. The van der Waals surface area contributed by atoms with E-state index in [1.54, 1.807) is 30.2 Å². The first-order valence-corrected chi connectivity index (χ1v) is 11.3. The number of fused-ring (bicyclic) bond motifs is 1. The van der Waals surface area contributed by atoms with Gasteiger partial charge in [0.2, 0.25) is 10.0 Å². The summed E-state index contributed by atoms with van der Waals surface area (Å²) in [5.74, 6) is 0.422. The summed E-state index contributed by atoms with van der Waals surface area (Å²) in [4.78, 5) is 14.6. The lowest BCUT2D eigenvalue weighted by Crippen LogP contribution is -2.35. The van der Waals surface area contributed by atoms with E-state index in [4.69, 9.17) is 9.26 Å². The molecule has 3 aromatic rings. The van der Waals surface area contributed by atoms with E-state index in [0.29, 0.717) is 29.8 Å². The molecule has 4 rings (SSSR count). The standard InChI is InChI=1S/C21H23N3O5S/c1-28-16-7-5-6-15(12-16)14-22-30(26,27)17-8-9-19-18(13-17)20(23-29-19)21(25)24-10-3-2-4-11-24/h5-9,12-13,22H,2-4,10-11,14H2,1H3. The molecular formula is C21H23N3O5S. The second-order valence-electron chi connectivity index (χ2n) is 7.22. The molecule has 0 spiro atoms. The highest BCUT2D eigenvalue weighted by Crippen LogP contribution is 2.25. The van der Waals surface area contributed by atoms with Crippen LogP contribution in [0.5, 0.6) is 5.75 Å². The SMILES string of the molecule is COc1cccc(CNS(=O)(=O)c2ccc3onc(C(=O)N4CCCCC4)c3c2)c1. The van der Waals surface area contributed by atoms with Crippen LogP contribution in [-0.4, -0.2) is 44.6 Å². The van der Waals surface area contributed by atoms with Gasteiger partial charge >= 0.3 is 0 Å². The lowest BCUT2D eigenvalue weighted by Gasteiger charge is -2.25. The van der Waals surface area contributed by atoms with Gasteiger partial charge in [0.25, 0.3) is 5.91 Å². The first kappa shape index (κ1) is 20.4. The van der Waals surface area contributed by atoms with Crippen LogP contribution in [0.1, 0.15) is 35.3 Å². The monoisotopic (exact) mass is 429 g/mol. The summed E-state index contributed by atoms with van der Waals surface area (Å²) in [6, 6.07) is 11.6. The summed E-state index contributed by atoms with van der Waals surface area (Å²) in [5, 5.41) is 4.31. The zero-order valence-corrected chi connectivity index (χ0v) is 17.4. The number of benzene rings is 2. The van der Waals surface area contributed by atoms with Gasteiger partial charge in [-0.25, -0.2) is 13.1 Å². The number of nitrogens with zero attached hydrogens (tertiary/aromatic N) is 2. The molecule has 1 amide bonds. The van der Waals surface area contributed by atoms with Crippen LogP contribution in [-0.2, 0) is 16.6 Å². The van der Waals surface area contributed by atoms with Crippen LogP contribution < -0.4 is 9.46 Å². The molecule has 1 saturated heterocycles. The second-order valence-corrected chi connectivity index (χ2v) is 8.99. The fourth-order valence-electron chi connectivity index (χ4n) is 3.53. The number of hydrogen-bond acceptors (Lipinski definition) is 6. The molecule has 2 aromatic carbocycles. The molecule has 9 heteroatoms. The van der Waals surface area contributed by atoms with Crippen LogP contribution in [0.2, 0.25) is 0 Å². The first-order chi connectivity index (χ1) is 14.5. The van der Waals surface area contributed by atoms with Gasteiger partial charge < -0.3 is 14.2 Å². The molecule has 1 fully saturated rings. The summed E-state index contributed by atoms with van der Waals surface area (Å²) in [7, 11) is -2.24. The Labute approximate surface area is 174 Å². The Morgan fingerprint density at radius 2 is 1.97 bits per heavy atom. The van der Waals surface area contributed by atoms with Crippen LogP contribution >= 0.6 is 0 Å². The molecule has 30 heavy (non-hydrogen) atoms. The highest BCUT2D eigenvalue weighted by molar-refractivity contribution is 7.89. The third-order valence-corrected chi connectivity index (χ3v) is 6.60. The second kappa shape index (κ2) is 8.45. The maximum absolute atomic E-state index is 12.8. The molecule has 1 N–H and O–H groups in total. The van der Waals surface area contributed by atoms with Gasteiger partial charge in [0, 0.05) is 19.6 Å². The van der Waals surface area contributed by atoms with Crippen LogP contribution in [0.4, 0.5) is 0 Å². The maximum atomic E-state index is 12.8. The molecule has 0 bridgehead atoms. The topological polar surface area (TPSA) is 102 Å². The number of carbonyl (C=O) groups excluding carboxylic acids is 1. The normalized spacial score (nSPS) is 14.8. The number of hydrogen-bond donors (Lipinski definition) is 1. The van der Waals surface area contributed by atoms with Gasteiger partial charge in [-0.15, -0.1) is 0 Å². The average molecular weight is 429 g/mol. The fraction of sp³-hybridized carbons (Fsp3) is 0.333. The predicted octanol–water partition coefficient (Wildman–Crippen LogP) is 2.94. The van der Waals surface area contributed by atoms with Gasteiger partial charge in [0.1, 0.15) is 5.75 Å². The zero-order chi connectivity index (χ0) is 21.1. The number of aromatic nitrogens is 1. The fourth-order valence-corrected chi connectivity index (χ4v) is 4.57. The number of piperidine rings is 1. The average Bonchev–Trinajstić information content (AvgIpc) is 3.21. The number of ether oxygens (including phenoxy) is 1. The highest BCUT2D eigenvalue weighted by Gasteiger charge is 2.25. The smallest absolute Gasteiger partial charge is 0.276 e. The summed E-state index contributed by atoms with van der Waals surface area (Å²) in [6.45, 7) is 1.46. The van der Waals surface area contributed by atoms with Gasteiger partial charge in [-0.05, 0) is 55.2 Å². The highest BCUT2D eigenvalue weighted by atomic mass is 32.2. The quantitative estimate of drug-likeness (QED) is 0.646. The zero-order valence-electron chi connectivity index (χ0n) is 16.6. The molecule has 0 aliphatic carbocycles. The number of sulfonamides is 1. The van der Waals surface area contributed by atoms with E-state index >= 15 is 0 Å². The van der Waals surface area contributed by atoms with E-state index in [2.05, 4.69) is 9.88 Å². The van der Waals surface area contributed by atoms with Gasteiger partial charge in [-0.1, -0.05) is 17.3 Å². The van der Waals surface area contributed by atoms with E-state index in [0.717, 1.165) is 24.8 Å². The van der Waals surface area contributed by atoms with Crippen LogP contribution in [0.25, 0.3) is 11.0 Å². The Balaban J connectivity index is 1.58. The molecule has 0 unspecified atom stereocenters. The maximum Gasteiger partial charge on any atom is 0.276 e. The van der Waals surface area contributed by atoms with Crippen molar-refractivity contribution in [3.63, 3.8) is 0 Å². The summed E-state index contributed by atoms with van der Waals surface area (Å²) >= 11 is 0. The van der Waals surface area contributed by atoms with Crippen molar-refractivity contribution in [3.8, 4) is 5.75 Å². The van der Waals surface area contributed by atoms with Gasteiger partial charge in [0.05, 0.1) is 17.4 Å². The molecule has 0 atom stereocenters.